The fourth-order valence-electron chi connectivity index (χ4n) is 3.98. The van der Waals surface area contributed by atoms with Crippen LogP contribution < -0.4 is 20.5 Å². The molecule has 1 saturated heterocycles. The molecule has 8 nitrogen and oxygen atoms in total. The zero-order valence-corrected chi connectivity index (χ0v) is 15.2. The van der Waals surface area contributed by atoms with Crippen LogP contribution in [0.15, 0.2) is 23.0 Å². The molecule has 2 aliphatic heterocycles. The quantitative estimate of drug-likeness (QED) is 0.869. The van der Waals surface area contributed by atoms with Gasteiger partial charge in [0.15, 0.2) is 0 Å². The van der Waals surface area contributed by atoms with E-state index in [1.165, 1.54) is 0 Å². The molecule has 2 aliphatic rings. The van der Waals surface area contributed by atoms with Crippen molar-refractivity contribution in [3.8, 4) is 6.01 Å². The normalized spacial score (nSPS) is 21.2. The Kier molecular flexibility index (Phi) is 4.48. The minimum atomic E-state index is 0.0962. The highest BCUT2D eigenvalue weighted by Crippen LogP contribution is 2.36. The second-order valence-corrected chi connectivity index (χ2v) is 6.81. The molecule has 0 spiro atoms. The van der Waals surface area contributed by atoms with Crippen molar-refractivity contribution in [3.05, 3.63) is 34.2 Å². The smallest absolute Gasteiger partial charge is 0.323 e. The Morgan fingerprint density at radius 2 is 2.08 bits per heavy atom. The van der Waals surface area contributed by atoms with E-state index in [9.17, 15) is 4.79 Å². The van der Waals surface area contributed by atoms with E-state index in [0.717, 1.165) is 38.3 Å². The lowest BCUT2D eigenvalue weighted by Crippen LogP contribution is -2.47. The Morgan fingerprint density at radius 1 is 1.19 bits per heavy atom. The number of anilines is 2. The van der Waals surface area contributed by atoms with Gasteiger partial charge in [-0.3, -0.25) is 4.79 Å². The molecule has 2 atom stereocenters. The Balaban J connectivity index is 1.65. The molecule has 0 radical (unpaired) electrons. The third kappa shape index (κ3) is 3.11. The van der Waals surface area contributed by atoms with E-state index in [4.69, 9.17) is 4.74 Å². The maximum Gasteiger partial charge on any atom is 0.323 e. The first kappa shape index (κ1) is 16.8. The van der Waals surface area contributed by atoms with E-state index in [1.54, 1.807) is 6.07 Å². The lowest BCUT2D eigenvalue weighted by molar-refractivity contribution is 0.277. The summed E-state index contributed by atoms with van der Waals surface area (Å²) in [4.78, 5) is 27.7. The van der Waals surface area contributed by atoms with Gasteiger partial charge in [-0.2, -0.15) is 15.0 Å². The van der Waals surface area contributed by atoms with Crippen LogP contribution in [0, 0.1) is 5.92 Å². The largest absolute Gasteiger partial charge is 0.464 e. The van der Waals surface area contributed by atoms with Crippen LogP contribution in [-0.2, 0) is 6.54 Å². The standard InChI is InChI=1S/C18H24N6O2/c1-3-19-16-20-17(22-18(21-16)26-4-2)23-9-12-8-13(11-23)14-6-5-7-15(25)24(14)10-12/h5-7,12-13H,3-4,8-11H2,1-2H3,(H,19,20,21,22)/t12-,13-/m0/s1. The van der Waals surface area contributed by atoms with E-state index in [1.807, 2.05) is 24.5 Å². The van der Waals surface area contributed by atoms with Gasteiger partial charge in [-0.25, -0.2) is 0 Å². The van der Waals surface area contributed by atoms with Crippen molar-refractivity contribution in [1.29, 1.82) is 0 Å². The Hall–Kier alpha value is -2.64. The van der Waals surface area contributed by atoms with Crippen LogP contribution in [0.25, 0.3) is 0 Å². The van der Waals surface area contributed by atoms with Gasteiger partial charge < -0.3 is 19.5 Å². The molecule has 0 aromatic carbocycles. The summed E-state index contributed by atoms with van der Waals surface area (Å²) in [6, 6.07) is 5.91. The molecule has 2 aromatic heterocycles. The first-order valence-corrected chi connectivity index (χ1v) is 9.25. The van der Waals surface area contributed by atoms with Gasteiger partial charge in [-0.05, 0) is 32.3 Å². The van der Waals surface area contributed by atoms with Crippen LogP contribution >= 0.6 is 0 Å². The lowest BCUT2D eigenvalue weighted by atomic mass is 9.83. The first-order chi connectivity index (χ1) is 12.7. The summed E-state index contributed by atoms with van der Waals surface area (Å²) in [6.07, 6.45) is 1.10. The molecule has 4 rings (SSSR count). The lowest BCUT2D eigenvalue weighted by Gasteiger charge is -2.42. The minimum Gasteiger partial charge on any atom is -0.464 e. The van der Waals surface area contributed by atoms with Crippen LogP contribution in [0.3, 0.4) is 0 Å². The summed E-state index contributed by atoms with van der Waals surface area (Å²) in [5.74, 6) is 1.90. The molecule has 0 unspecified atom stereocenters. The summed E-state index contributed by atoms with van der Waals surface area (Å²) in [5, 5.41) is 3.14. The van der Waals surface area contributed by atoms with Crippen LogP contribution in [0.5, 0.6) is 6.01 Å². The SMILES string of the molecule is CCNc1nc(OCC)nc(N2C[C@@H]3C[C@@H](C2)c2cccc(=O)n2C3)n1. The van der Waals surface area contributed by atoms with Crippen LogP contribution in [-0.4, -0.2) is 45.8 Å². The number of hydrogen-bond acceptors (Lipinski definition) is 7. The third-order valence-corrected chi connectivity index (χ3v) is 4.97. The van der Waals surface area contributed by atoms with E-state index < -0.39 is 0 Å². The molecule has 2 aromatic rings. The zero-order valence-electron chi connectivity index (χ0n) is 15.2. The first-order valence-electron chi connectivity index (χ1n) is 9.25. The van der Waals surface area contributed by atoms with Gasteiger partial charge in [0.2, 0.25) is 11.9 Å². The van der Waals surface area contributed by atoms with Gasteiger partial charge in [0.05, 0.1) is 6.61 Å². The number of hydrogen-bond donors (Lipinski definition) is 1. The highest BCUT2D eigenvalue weighted by Gasteiger charge is 2.35. The van der Waals surface area contributed by atoms with Gasteiger partial charge in [0.1, 0.15) is 0 Å². The molecule has 1 fully saturated rings. The summed E-state index contributed by atoms with van der Waals surface area (Å²) in [6.45, 7) is 7.54. The van der Waals surface area contributed by atoms with Gasteiger partial charge in [0, 0.05) is 43.9 Å². The second kappa shape index (κ2) is 6.93. The average Bonchev–Trinajstić information content (AvgIpc) is 2.63. The Morgan fingerprint density at radius 3 is 2.88 bits per heavy atom. The van der Waals surface area contributed by atoms with Crippen LogP contribution in [0.4, 0.5) is 11.9 Å². The number of aromatic nitrogens is 4. The van der Waals surface area contributed by atoms with Crippen molar-refractivity contribution in [2.24, 2.45) is 5.92 Å². The highest BCUT2D eigenvalue weighted by atomic mass is 16.5. The molecule has 26 heavy (non-hydrogen) atoms. The molecule has 8 heteroatoms. The molecular weight excluding hydrogens is 332 g/mol. The van der Waals surface area contributed by atoms with E-state index in [-0.39, 0.29) is 5.56 Å². The summed E-state index contributed by atoms with van der Waals surface area (Å²) in [5.41, 5.74) is 1.21. The topological polar surface area (TPSA) is 85.2 Å². The van der Waals surface area contributed by atoms with Crippen LogP contribution in [0.2, 0.25) is 0 Å². The van der Waals surface area contributed by atoms with E-state index in [0.29, 0.717) is 36.3 Å². The van der Waals surface area contributed by atoms with Gasteiger partial charge >= 0.3 is 6.01 Å². The number of nitrogens with zero attached hydrogens (tertiary/aromatic N) is 5. The monoisotopic (exact) mass is 356 g/mol. The molecule has 0 aliphatic carbocycles. The minimum absolute atomic E-state index is 0.0962. The Labute approximate surface area is 152 Å². The van der Waals surface area contributed by atoms with Gasteiger partial charge in [-0.15, -0.1) is 0 Å². The van der Waals surface area contributed by atoms with Crippen molar-refractivity contribution in [2.75, 3.05) is 36.5 Å². The van der Waals surface area contributed by atoms with Gasteiger partial charge in [0.25, 0.3) is 5.56 Å². The highest BCUT2D eigenvalue weighted by molar-refractivity contribution is 5.40. The van der Waals surface area contributed by atoms with Crippen molar-refractivity contribution in [1.82, 2.24) is 19.5 Å². The average molecular weight is 356 g/mol. The number of ether oxygens (including phenoxy) is 1. The molecule has 2 bridgehead atoms. The summed E-state index contributed by atoms with van der Waals surface area (Å²) in [7, 11) is 0. The number of pyridine rings is 1. The van der Waals surface area contributed by atoms with Crippen molar-refractivity contribution in [2.45, 2.75) is 32.7 Å². The summed E-state index contributed by atoms with van der Waals surface area (Å²) >= 11 is 0. The third-order valence-electron chi connectivity index (χ3n) is 4.97. The van der Waals surface area contributed by atoms with Crippen molar-refractivity contribution >= 4 is 11.9 Å². The van der Waals surface area contributed by atoms with Crippen LogP contribution in [0.1, 0.15) is 31.9 Å². The number of piperidine rings is 1. The zero-order chi connectivity index (χ0) is 18.1. The molecule has 4 heterocycles. The summed E-state index contributed by atoms with van der Waals surface area (Å²) < 4.78 is 7.45. The fraction of sp³-hybridized carbons (Fsp3) is 0.556. The number of fused-ring (bicyclic) bond motifs is 4. The molecular formula is C18H24N6O2. The fourth-order valence-corrected chi connectivity index (χ4v) is 3.98. The molecule has 138 valence electrons. The predicted molar refractivity (Wildman–Crippen MR) is 98.9 cm³/mol. The molecule has 1 N–H and O–H groups in total. The predicted octanol–water partition coefficient (Wildman–Crippen LogP) is 1.49. The van der Waals surface area contributed by atoms with E-state index in [2.05, 4.69) is 31.2 Å². The Bertz CT molecular complexity index is 828. The maximum absolute atomic E-state index is 12.2. The van der Waals surface area contributed by atoms with E-state index >= 15 is 0 Å². The van der Waals surface area contributed by atoms with Gasteiger partial charge in [-0.1, -0.05) is 6.07 Å². The van der Waals surface area contributed by atoms with Crippen molar-refractivity contribution in [3.63, 3.8) is 0 Å². The number of nitrogens with one attached hydrogen (secondary N) is 1. The molecule has 0 saturated carbocycles. The maximum atomic E-state index is 12.2. The number of rotatable bonds is 5. The van der Waals surface area contributed by atoms with Crippen molar-refractivity contribution < 1.29 is 4.74 Å². The molecule has 0 amide bonds. The second-order valence-electron chi connectivity index (χ2n) is 6.81.